The van der Waals surface area contributed by atoms with Crippen LogP contribution in [0.25, 0.3) is 11.3 Å². The molecule has 3 aromatic rings. The maximum Gasteiger partial charge on any atom is 0.225 e. The first-order chi connectivity index (χ1) is 12.6. The molecule has 1 aromatic carbocycles. The number of hydrogen-bond donors (Lipinski definition) is 1. The predicted octanol–water partition coefficient (Wildman–Crippen LogP) is 4.60. The van der Waals surface area contributed by atoms with E-state index >= 15 is 0 Å². The van der Waals surface area contributed by atoms with Crippen molar-refractivity contribution in [3.63, 3.8) is 0 Å². The highest BCUT2D eigenvalue weighted by atomic mass is 79.9. The number of carbonyl (C=O) groups is 1. The fourth-order valence-corrected chi connectivity index (χ4v) is 2.98. The van der Waals surface area contributed by atoms with Crippen LogP contribution in [-0.4, -0.2) is 20.7 Å². The minimum absolute atomic E-state index is 0.0186. The van der Waals surface area contributed by atoms with Gasteiger partial charge >= 0.3 is 0 Å². The molecule has 0 saturated heterocycles. The van der Waals surface area contributed by atoms with E-state index in [2.05, 4.69) is 43.5 Å². The van der Waals surface area contributed by atoms with E-state index in [1.807, 2.05) is 37.4 Å². The van der Waals surface area contributed by atoms with Crippen molar-refractivity contribution in [2.45, 2.75) is 25.7 Å². The number of halogens is 1. The number of anilines is 1. The summed E-state index contributed by atoms with van der Waals surface area (Å²) in [5, 5.41) is 7.39. The fourth-order valence-electron chi connectivity index (χ4n) is 2.72. The smallest absolute Gasteiger partial charge is 0.225 e. The van der Waals surface area contributed by atoms with E-state index in [9.17, 15) is 4.79 Å². The van der Waals surface area contributed by atoms with Gasteiger partial charge in [-0.1, -0.05) is 28.1 Å². The Morgan fingerprint density at radius 2 is 1.85 bits per heavy atom. The summed E-state index contributed by atoms with van der Waals surface area (Å²) in [6.45, 7) is 0. The lowest BCUT2D eigenvalue weighted by Crippen LogP contribution is -2.13. The number of carbonyl (C=O) groups excluding carboxylic acids is 1. The van der Waals surface area contributed by atoms with Crippen LogP contribution in [0, 0.1) is 0 Å². The summed E-state index contributed by atoms with van der Waals surface area (Å²) < 4.78 is 2.78. The molecule has 3 rings (SSSR count). The van der Waals surface area contributed by atoms with E-state index in [0.717, 1.165) is 35.0 Å². The van der Waals surface area contributed by atoms with Crippen molar-refractivity contribution in [3.05, 3.63) is 64.9 Å². The second-order valence-electron chi connectivity index (χ2n) is 6.16. The van der Waals surface area contributed by atoms with Crippen molar-refractivity contribution in [3.8, 4) is 11.3 Å². The number of rotatable bonds is 7. The van der Waals surface area contributed by atoms with Crippen molar-refractivity contribution in [2.75, 3.05) is 5.32 Å². The highest BCUT2D eigenvalue weighted by molar-refractivity contribution is 9.10. The third-order valence-electron chi connectivity index (χ3n) is 4.16. The number of nitrogens with zero attached hydrogens (tertiary/aromatic N) is 3. The Labute approximate surface area is 161 Å². The summed E-state index contributed by atoms with van der Waals surface area (Å²) in [6, 6.07) is 14.0. The molecule has 2 aromatic heterocycles. The number of pyridine rings is 1. The zero-order chi connectivity index (χ0) is 18.4. The van der Waals surface area contributed by atoms with Gasteiger partial charge in [-0.25, -0.2) is 0 Å². The van der Waals surface area contributed by atoms with Crippen LogP contribution >= 0.6 is 15.9 Å². The third-order valence-corrected chi connectivity index (χ3v) is 4.68. The lowest BCUT2D eigenvalue weighted by molar-refractivity contribution is -0.116. The zero-order valence-electron chi connectivity index (χ0n) is 14.7. The van der Waals surface area contributed by atoms with Gasteiger partial charge in [0.15, 0.2) is 0 Å². The molecule has 5 nitrogen and oxygen atoms in total. The Morgan fingerprint density at radius 3 is 2.58 bits per heavy atom. The normalized spacial score (nSPS) is 10.7. The van der Waals surface area contributed by atoms with Gasteiger partial charge in [-0.3, -0.25) is 14.5 Å². The van der Waals surface area contributed by atoms with Gasteiger partial charge in [0.05, 0.1) is 5.69 Å². The number of amides is 1. The second kappa shape index (κ2) is 8.76. The molecule has 1 amide bonds. The molecule has 0 aliphatic heterocycles. The van der Waals surface area contributed by atoms with Crippen LogP contribution in [0.2, 0.25) is 0 Å². The van der Waals surface area contributed by atoms with Gasteiger partial charge in [-0.05, 0) is 49.1 Å². The van der Waals surface area contributed by atoms with Crippen LogP contribution in [0.1, 0.15) is 24.8 Å². The average Bonchev–Trinajstić information content (AvgIpc) is 3.01. The number of aryl methyl sites for hydroxylation is 2. The van der Waals surface area contributed by atoms with Crippen LogP contribution < -0.4 is 5.32 Å². The predicted molar refractivity (Wildman–Crippen MR) is 107 cm³/mol. The largest absolute Gasteiger partial charge is 0.311 e. The minimum Gasteiger partial charge on any atom is -0.311 e. The van der Waals surface area contributed by atoms with E-state index in [0.29, 0.717) is 12.2 Å². The first-order valence-corrected chi connectivity index (χ1v) is 9.40. The Kier molecular flexibility index (Phi) is 6.17. The number of benzene rings is 1. The van der Waals surface area contributed by atoms with Gasteiger partial charge in [0.2, 0.25) is 5.91 Å². The van der Waals surface area contributed by atoms with Crippen molar-refractivity contribution >= 4 is 27.7 Å². The van der Waals surface area contributed by atoms with Crippen LogP contribution in [0.5, 0.6) is 0 Å². The lowest BCUT2D eigenvalue weighted by Gasteiger charge is -2.05. The van der Waals surface area contributed by atoms with Crippen molar-refractivity contribution in [1.82, 2.24) is 14.8 Å². The maximum atomic E-state index is 12.2. The first kappa shape index (κ1) is 18.3. The number of aromatic nitrogens is 3. The van der Waals surface area contributed by atoms with E-state index in [1.54, 1.807) is 17.1 Å². The van der Waals surface area contributed by atoms with Gasteiger partial charge in [0, 0.05) is 42.0 Å². The molecule has 6 heteroatoms. The molecular weight excluding hydrogens is 392 g/mol. The molecule has 0 spiro atoms. The van der Waals surface area contributed by atoms with Crippen LogP contribution in [0.4, 0.5) is 5.82 Å². The molecule has 26 heavy (non-hydrogen) atoms. The molecule has 2 heterocycles. The lowest BCUT2D eigenvalue weighted by atomic mass is 10.1. The van der Waals surface area contributed by atoms with Crippen LogP contribution in [0.3, 0.4) is 0 Å². The molecule has 0 saturated carbocycles. The summed E-state index contributed by atoms with van der Waals surface area (Å²) in [7, 11) is 1.83. The Hall–Kier alpha value is -2.47. The summed E-state index contributed by atoms with van der Waals surface area (Å²) in [5.74, 6) is 0.722. The van der Waals surface area contributed by atoms with Crippen molar-refractivity contribution in [1.29, 1.82) is 0 Å². The third kappa shape index (κ3) is 5.02. The number of nitrogens with one attached hydrogen (secondary N) is 1. The molecule has 0 bridgehead atoms. The van der Waals surface area contributed by atoms with Crippen molar-refractivity contribution < 1.29 is 4.79 Å². The molecule has 1 N–H and O–H groups in total. The molecule has 0 unspecified atom stereocenters. The van der Waals surface area contributed by atoms with E-state index in [4.69, 9.17) is 0 Å². The highest BCUT2D eigenvalue weighted by Gasteiger charge is 2.10. The Bertz CT molecular complexity index is 859. The van der Waals surface area contributed by atoms with E-state index < -0.39 is 0 Å². The van der Waals surface area contributed by atoms with E-state index in [-0.39, 0.29) is 5.91 Å². The first-order valence-electron chi connectivity index (χ1n) is 8.60. The highest BCUT2D eigenvalue weighted by Crippen LogP contribution is 2.20. The van der Waals surface area contributed by atoms with Gasteiger partial charge in [-0.15, -0.1) is 0 Å². The minimum atomic E-state index is 0.0186. The standard InChI is InChI=1S/C20H21BrN4O/c1-25-19(14-18(24-25)16-10-12-22-13-11-16)23-20(26)5-3-2-4-15-6-8-17(21)9-7-15/h6-14H,2-5H2,1H3,(H,23,26). The second-order valence-corrected chi connectivity index (χ2v) is 7.07. The van der Waals surface area contributed by atoms with Gasteiger partial charge < -0.3 is 5.32 Å². The van der Waals surface area contributed by atoms with Gasteiger partial charge in [-0.2, -0.15) is 5.10 Å². The van der Waals surface area contributed by atoms with E-state index in [1.165, 1.54) is 5.56 Å². The zero-order valence-corrected chi connectivity index (χ0v) is 16.2. The molecule has 0 fully saturated rings. The molecule has 0 radical (unpaired) electrons. The van der Waals surface area contributed by atoms with Gasteiger partial charge in [0.25, 0.3) is 0 Å². The molecular formula is C20H21BrN4O. The number of hydrogen-bond acceptors (Lipinski definition) is 3. The average molecular weight is 413 g/mol. The molecule has 134 valence electrons. The monoisotopic (exact) mass is 412 g/mol. The summed E-state index contributed by atoms with van der Waals surface area (Å²) in [5.41, 5.74) is 3.09. The number of unbranched alkanes of at least 4 members (excludes halogenated alkanes) is 1. The summed E-state index contributed by atoms with van der Waals surface area (Å²) >= 11 is 3.44. The Morgan fingerprint density at radius 1 is 1.12 bits per heavy atom. The maximum absolute atomic E-state index is 12.2. The Balaban J connectivity index is 1.47. The van der Waals surface area contributed by atoms with Gasteiger partial charge in [0.1, 0.15) is 5.82 Å². The summed E-state index contributed by atoms with van der Waals surface area (Å²) in [4.78, 5) is 16.2. The fraction of sp³-hybridized carbons (Fsp3) is 0.250. The molecule has 0 aliphatic carbocycles. The molecule has 0 aliphatic rings. The van der Waals surface area contributed by atoms with Crippen LogP contribution in [-0.2, 0) is 18.3 Å². The summed E-state index contributed by atoms with van der Waals surface area (Å²) in [6.07, 6.45) is 6.80. The topological polar surface area (TPSA) is 59.8 Å². The van der Waals surface area contributed by atoms with Crippen LogP contribution in [0.15, 0.2) is 59.3 Å². The quantitative estimate of drug-likeness (QED) is 0.576. The van der Waals surface area contributed by atoms with Crippen molar-refractivity contribution in [2.24, 2.45) is 7.05 Å². The molecule has 0 atom stereocenters. The SMILES string of the molecule is Cn1nc(-c2ccncc2)cc1NC(=O)CCCCc1ccc(Br)cc1.